The predicted octanol–water partition coefficient (Wildman–Crippen LogP) is 4.11. The Kier molecular flexibility index (Phi) is 2.12. The van der Waals surface area contributed by atoms with Gasteiger partial charge >= 0.3 is 0 Å². The Morgan fingerprint density at radius 2 is 1.75 bits per heavy atom. The lowest BCUT2D eigenvalue weighted by molar-refractivity contribution is 1.35. The SMILES string of the molecule is S=c1cc2ccc3ccc[nH]c3c2[nH]c1=S. The Morgan fingerprint density at radius 1 is 0.938 bits per heavy atom. The number of nitrogens with one attached hydrogen (secondary N) is 2. The highest BCUT2D eigenvalue weighted by Gasteiger charge is 2.00. The summed E-state index contributed by atoms with van der Waals surface area (Å²) < 4.78 is 1.31. The van der Waals surface area contributed by atoms with Gasteiger partial charge in [0.1, 0.15) is 4.64 Å². The van der Waals surface area contributed by atoms with Crippen molar-refractivity contribution in [3.63, 3.8) is 0 Å². The fraction of sp³-hybridized carbons (Fsp3) is 0. The van der Waals surface area contributed by atoms with Gasteiger partial charge in [0.2, 0.25) is 0 Å². The minimum Gasteiger partial charge on any atom is -0.359 e. The van der Waals surface area contributed by atoms with E-state index in [1.54, 1.807) is 0 Å². The molecule has 16 heavy (non-hydrogen) atoms. The summed E-state index contributed by atoms with van der Waals surface area (Å²) in [5, 5.41) is 2.23. The Bertz CT molecular complexity index is 799. The second kappa shape index (κ2) is 3.50. The van der Waals surface area contributed by atoms with Gasteiger partial charge in [-0.15, -0.1) is 0 Å². The number of hydrogen-bond donors (Lipinski definition) is 2. The molecular formula is C12H8N2S2. The highest BCUT2D eigenvalue weighted by Crippen LogP contribution is 2.21. The van der Waals surface area contributed by atoms with E-state index in [0.717, 1.165) is 21.8 Å². The number of aromatic nitrogens is 2. The van der Waals surface area contributed by atoms with Gasteiger partial charge < -0.3 is 9.97 Å². The van der Waals surface area contributed by atoms with Crippen molar-refractivity contribution in [2.75, 3.05) is 0 Å². The molecule has 0 radical (unpaired) electrons. The fourth-order valence-electron chi connectivity index (χ4n) is 1.85. The molecule has 2 heterocycles. The molecule has 3 aromatic rings. The molecule has 0 fully saturated rings. The number of fused-ring (bicyclic) bond motifs is 3. The van der Waals surface area contributed by atoms with E-state index < -0.39 is 0 Å². The number of pyridine rings is 2. The number of H-pyrrole nitrogens is 2. The first kappa shape index (κ1) is 9.69. The number of aromatic amines is 2. The van der Waals surface area contributed by atoms with Gasteiger partial charge in [-0.25, -0.2) is 0 Å². The maximum Gasteiger partial charge on any atom is 0.122 e. The minimum atomic E-state index is 0.618. The number of benzene rings is 1. The molecule has 1 aromatic carbocycles. The molecular weight excluding hydrogens is 236 g/mol. The van der Waals surface area contributed by atoms with Crippen LogP contribution < -0.4 is 0 Å². The highest BCUT2D eigenvalue weighted by atomic mass is 32.1. The molecule has 0 aliphatic rings. The summed E-state index contributed by atoms with van der Waals surface area (Å²) in [4.78, 5) is 6.41. The normalized spacial score (nSPS) is 11.0. The first-order valence-electron chi connectivity index (χ1n) is 4.89. The summed E-state index contributed by atoms with van der Waals surface area (Å²) >= 11 is 10.3. The van der Waals surface area contributed by atoms with Crippen molar-refractivity contribution in [3.05, 3.63) is 45.7 Å². The first-order valence-corrected chi connectivity index (χ1v) is 5.71. The van der Waals surface area contributed by atoms with Gasteiger partial charge in [-0.2, -0.15) is 0 Å². The molecule has 2 nitrogen and oxygen atoms in total. The average Bonchev–Trinajstić information content (AvgIpc) is 2.31. The van der Waals surface area contributed by atoms with Gasteiger partial charge in [-0.1, -0.05) is 42.6 Å². The monoisotopic (exact) mass is 244 g/mol. The number of hydrogen-bond acceptors (Lipinski definition) is 2. The van der Waals surface area contributed by atoms with E-state index in [1.807, 2.05) is 24.4 Å². The lowest BCUT2D eigenvalue weighted by Gasteiger charge is -2.03. The Morgan fingerprint density at radius 3 is 2.62 bits per heavy atom. The Labute approximate surface area is 102 Å². The quantitative estimate of drug-likeness (QED) is 0.460. The maximum atomic E-state index is 5.17. The molecule has 0 aliphatic carbocycles. The largest absolute Gasteiger partial charge is 0.359 e. The summed E-state index contributed by atoms with van der Waals surface area (Å²) in [6.07, 6.45) is 1.90. The van der Waals surface area contributed by atoms with Crippen molar-refractivity contribution < 1.29 is 0 Å². The van der Waals surface area contributed by atoms with Crippen LogP contribution in [0.1, 0.15) is 0 Å². The third kappa shape index (κ3) is 1.38. The van der Waals surface area contributed by atoms with Crippen LogP contribution in [0.15, 0.2) is 36.5 Å². The van der Waals surface area contributed by atoms with Crippen molar-refractivity contribution in [2.45, 2.75) is 0 Å². The molecule has 0 atom stereocenters. The molecule has 0 aliphatic heterocycles. The molecule has 3 rings (SSSR count). The van der Waals surface area contributed by atoms with Crippen LogP contribution in [0.25, 0.3) is 21.8 Å². The van der Waals surface area contributed by atoms with E-state index in [0.29, 0.717) is 9.15 Å². The summed E-state index contributed by atoms with van der Waals surface area (Å²) in [7, 11) is 0. The first-order chi connectivity index (χ1) is 7.75. The summed E-state index contributed by atoms with van der Waals surface area (Å²) in [6, 6.07) is 10.1. The summed E-state index contributed by atoms with van der Waals surface area (Å²) in [5.41, 5.74) is 2.07. The molecule has 0 spiro atoms. The zero-order valence-corrected chi connectivity index (χ0v) is 9.91. The van der Waals surface area contributed by atoms with Crippen LogP contribution >= 0.6 is 24.4 Å². The van der Waals surface area contributed by atoms with Crippen molar-refractivity contribution in [3.8, 4) is 0 Å². The summed E-state index contributed by atoms with van der Waals surface area (Å²) in [6.45, 7) is 0. The van der Waals surface area contributed by atoms with Gasteiger partial charge in [0.15, 0.2) is 0 Å². The third-order valence-corrected chi connectivity index (χ3v) is 3.39. The zero-order chi connectivity index (χ0) is 11.1. The van der Waals surface area contributed by atoms with Crippen LogP contribution in [0.2, 0.25) is 0 Å². The van der Waals surface area contributed by atoms with Crippen molar-refractivity contribution in [1.82, 2.24) is 9.97 Å². The molecule has 78 valence electrons. The molecule has 0 amide bonds. The van der Waals surface area contributed by atoms with Gasteiger partial charge in [0.25, 0.3) is 0 Å². The van der Waals surface area contributed by atoms with Crippen LogP contribution in [-0.2, 0) is 0 Å². The minimum absolute atomic E-state index is 0.618. The molecule has 4 heteroatoms. The van der Waals surface area contributed by atoms with E-state index in [9.17, 15) is 0 Å². The highest BCUT2D eigenvalue weighted by molar-refractivity contribution is 7.73. The third-order valence-electron chi connectivity index (χ3n) is 2.62. The fourth-order valence-corrected chi connectivity index (χ4v) is 2.19. The second-order valence-electron chi connectivity index (χ2n) is 3.63. The zero-order valence-electron chi connectivity index (χ0n) is 8.28. The van der Waals surface area contributed by atoms with Crippen molar-refractivity contribution in [2.24, 2.45) is 0 Å². The summed E-state index contributed by atoms with van der Waals surface area (Å²) in [5.74, 6) is 0. The smallest absolute Gasteiger partial charge is 0.122 e. The van der Waals surface area contributed by atoms with Gasteiger partial charge in [0.05, 0.1) is 15.5 Å². The molecule has 0 unspecified atom stereocenters. The predicted molar refractivity (Wildman–Crippen MR) is 71.8 cm³/mol. The number of rotatable bonds is 0. The van der Waals surface area contributed by atoms with Crippen LogP contribution in [0.5, 0.6) is 0 Å². The topological polar surface area (TPSA) is 31.6 Å². The maximum absolute atomic E-state index is 5.17. The standard InChI is InChI=1S/C12H8N2S2/c15-9-6-8-4-3-7-2-1-5-13-10(7)11(8)14-12(9)16/h1-6,13H,(H,14,16). The van der Waals surface area contributed by atoms with Gasteiger partial charge in [0, 0.05) is 17.0 Å². The van der Waals surface area contributed by atoms with Crippen molar-refractivity contribution in [1.29, 1.82) is 0 Å². The molecule has 0 saturated heterocycles. The Balaban J connectivity index is 2.65. The van der Waals surface area contributed by atoms with E-state index in [-0.39, 0.29) is 0 Å². The van der Waals surface area contributed by atoms with Crippen LogP contribution in [-0.4, -0.2) is 9.97 Å². The van der Waals surface area contributed by atoms with E-state index in [4.69, 9.17) is 24.4 Å². The Hall–Kier alpha value is -1.52. The van der Waals surface area contributed by atoms with Crippen LogP contribution in [0.3, 0.4) is 0 Å². The average molecular weight is 244 g/mol. The molecule has 2 N–H and O–H groups in total. The van der Waals surface area contributed by atoms with Crippen LogP contribution in [0, 0.1) is 9.15 Å². The van der Waals surface area contributed by atoms with E-state index in [1.165, 1.54) is 0 Å². The second-order valence-corrected chi connectivity index (χ2v) is 4.47. The van der Waals surface area contributed by atoms with E-state index in [2.05, 4.69) is 22.1 Å². The molecule has 0 bridgehead atoms. The van der Waals surface area contributed by atoms with Crippen LogP contribution in [0.4, 0.5) is 0 Å². The molecule has 0 saturated carbocycles. The lowest BCUT2D eigenvalue weighted by Crippen LogP contribution is -1.85. The van der Waals surface area contributed by atoms with Crippen molar-refractivity contribution >= 4 is 46.2 Å². The lowest BCUT2D eigenvalue weighted by atomic mass is 10.1. The van der Waals surface area contributed by atoms with Gasteiger partial charge in [-0.05, 0) is 12.1 Å². The van der Waals surface area contributed by atoms with Gasteiger partial charge in [-0.3, -0.25) is 0 Å². The molecule has 2 aromatic heterocycles. The van der Waals surface area contributed by atoms with E-state index >= 15 is 0 Å².